The zero-order valence-corrected chi connectivity index (χ0v) is 13.9. The molecule has 1 atom stereocenters. The highest BCUT2D eigenvalue weighted by Crippen LogP contribution is 2.32. The van der Waals surface area contributed by atoms with Gasteiger partial charge in [-0.1, -0.05) is 55.6 Å². The zero-order valence-electron chi connectivity index (χ0n) is 9.95. The van der Waals surface area contributed by atoms with Crippen molar-refractivity contribution in [2.75, 3.05) is 6.54 Å². The molecule has 5 heteroatoms. The molecule has 0 saturated carbocycles. The smallest absolute Gasteiger partial charge is 0.140 e. The molecule has 0 heterocycles. The minimum absolute atomic E-state index is 0.232. The Morgan fingerprint density at radius 3 is 2.53 bits per heavy atom. The first-order valence-corrected chi connectivity index (χ1v) is 7.64. The molecule has 0 fully saturated rings. The predicted octanol–water partition coefficient (Wildman–Crippen LogP) is 4.94. The van der Waals surface area contributed by atoms with Crippen molar-refractivity contribution in [1.82, 2.24) is 0 Å². The van der Waals surface area contributed by atoms with E-state index >= 15 is 0 Å². The van der Waals surface area contributed by atoms with Crippen LogP contribution in [-0.4, -0.2) is 6.54 Å². The minimum atomic E-state index is -0.232. The molecular weight excluding hydrogens is 393 g/mol. The lowest BCUT2D eigenvalue weighted by Crippen LogP contribution is -2.18. The third kappa shape index (κ3) is 3.96. The van der Waals surface area contributed by atoms with Crippen LogP contribution in [0.4, 0.5) is 0 Å². The predicted molar refractivity (Wildman–Crippen MR) is 85.7 cm³/mol. The first kappa shape index (κ1) is 14.9. The van der Waals surface area contributed by atoms with Crippen LogP contribution in [0.15, 0.2) is 51.4 Å². The summed E-state index contributed by atoms with van der Waals surface area (Å²) in [4.78, 5) is 0. The molecular formula is C14H12Br2ClNO. The van der Waals surface area contributed by atoms with Crippen LogP contribution in [0.3, 0.4) is 0 Å². The summed E-state index contributed by atoms with van der Waals surface area (Å²) in [6, 6.07) is 13.4. The van der Waals surface area contributed by atoms with Gasteiger partial charge in [0, 0.05) is 15.5 Å². The maximum Gasteiger partial charge on any atom is 0.140 e. The van der Waals surface area contributed by atoms with E-state index in [2.05, 4.69) is 31.9 Å². The fourth-order valence-electron chi connectivity index (χ4n) is 1.68. The van der Waals surface area contributed by atoms with Crippen LogP contribution in [0, 0.1) is 0 Å². The van der Waals surface area contributed by atoms with E-state index in [1.807, 2.05) is 36.4 Å². The molecule has 2 N–H and O–H groups in total. The molecule has 2 rings (SSSR count). The highest BCUT2D eigenvalue weighted by atomic mass is 79.9. The number of nitrogens with two attached hydrogens (primary N) is 1. The van der Waals surface area contributed by atoms with Crippen LogP contribution in [0.25, 0.3) is 0 Å². The Balaban J connectivity index is 2.26. The lowest BCUT2D eigenvalue weighted by atomic mass is 10.1. The average Bonchev–Trinajstić information content (AvgIpc) is 2.39. The summed E-state index contributed by atoms with van der Waals surface area (Å²) in [6.45, 7) is 0.374. The van der Waals surface area contributed by atoms with E-state index in [1.54, 1.807) is 6.07 Å². The molecule has 0 aliphatic carbocycles. The Labute approximate surface area is 134 Å². The van der Waals surface area contributed by atoms with E-state index in [0.717, 1.165) is 14.5 Å². The van der Waals surface area contributed by atoms with Crippen LogP contribution in [-0.2, 0) is 0 Å². The van der Waals surface area contributed by atoms with Gasteiger partial charge in [-0.3, -0.25) is 0 Å². The number of benzene rings is 2. The fourth-order valence-corrected chi connectivity index (χ4v) is 2.60. The van der Waals surface area contributed by atoms with Gasteiger partial charge in [-0.15, -0.1) is 0 Å². The van der Waals surface area contributed by atoms with E-state index < -0.39 is 0 Å². The Hall–Kier alpha value is -0.550. The Morgan fingerprint density at radius 1 is 1.11 bits per heavy atom. The van der Waals surface area contributed by atoms with Crippen LogP contribution >= 0.6 is 43.5 Å². The van der Waals surface area contributed by atoms with Gasteiger partial charge in [0.25, 0.3) is 0 Å². The molecule has 0 aliphatic heterocycles. The van der Waals surface area contributed by atoms with Crippen molar-refractivity contribution in [2.45, 2.75) is 6.10 Å². The van der Waals surface area contributed by atoms with Gasteiger partial charge in [0.15, 0.2) is 0 Å². The standard InChI is InChI=1S/C14H12Br2ClNO/c15-10-3-1-2-9(6-10)14(8-18)19-13-7-11(16)4-5-12(13)17/h1-7,14H,8,18H2. The van der Waals surface area contributed by atoms with Gasteiger partial charge in [-0.25, -0.2) is 0 Å². The van der Waals surface area contributed by atoms with Crippen molar-refractivity contribution in [3.05, 3.63) is 62.0 Å². The third-order valence-corrected chi connectivity index (χ3v) is 3.90. The van der Waals surface area contributed by atoms with Crippen LogP contribution in [0.1, 0.15) is 11.7 Å². The van der Waals surface area contributed by atoms with Crippen molar-refractivity contribution in [3.8, 4) is 5.75 Å². The molecule has 2 aromatic rings. The average molecular weight is 406 g/mol. The summed E-state index contributed by atoms with van der Waals surface area (Å²) >= 11 is 13.0. The summed E-state index contributed by atoms with van der Waals surface area (Å²) in [6.07, 6.45) is -0.232. The molecule has 0 aromatic heterocycles. The van der Waals surface area contributed by atoms with Crippen LogP contribution < -0.4 is 10.5 Å². The lowest BCUT2D eigenvalue weighted by molar-refractivity contribution is 0.214. The second-order valence-electron chi connectivity index (χ2n) is 3.97. The van der Waals surface area contributed by atoms with Gasteiger partial charge in [-0.2, -0.15) is 0 Å². The molecule has 19 heavy (non-hydrogen) atoms. The maximum absolute atomic E-state index is 6.12. The summed E-state index contributed by atoms with van der Waals surface area (Å²) in [5.74, 6) is 0.617. The fraction of sp³-hybridized carbons (Fsp3) is 0.143. The first-order valence-electron chi connectivity index (χ1n) is 5.67. The monoisotopic (exact) mass is 403 g/mol. The summed E-state index contributed by atoms with van der Waals surface area (Å²) < 4.78 is 7.82. The quantitative estimate of drug-likeness (QED) is 0.782. The Morgan fingerprint density at radius 2 is 1.84 bits per heavy atom. The van der Waals surface area contributed by atoms with E-state index in [4.69, 9.17) is 22.1 Å². The first-order chi connectivity index (χ1) is 9.10. The van der Waals surface area contributed by atoms with E-state index in [1.165, 1.54) is 0 Å². The molecule has 2 nitrogen and oxygen atoms in total. The van der Waals surface area contributed by atoms with Crippen LogP contribution in [0.2, 0.25) is 5.02 Å². The summed E-state index contributed by atoms with van der Waals surface area (Å²) in [7, 11) is 0. The maximum atomic E-state index is 6.12. The van der Waals surface area contributed by atoms with Crippen molar-refractivity contribution in [1.29, 1.82) is 0 Å². The zero-order chi connectivity index (χ0) is 13.8. The number of hydrogen-bond donors (Lipinski definition) is 1. The topological polar surface area (TPSA) is 35.2 Å². The second-order valence-corrected chi connectivity index (χ2v) is 6.21. The highest BCUT2D eigenvalue weighted by molar-refractivity contribution is 9.10. The van der Waals surface area contributed by atoms with Gasteiger partial charge in [0.05, 0.1) is 5.02 Å². The molecule has 2 aromatic carbocycles. The third-order valence-electron chi connectivity index (χ3n) is 2.60. The van der Waals surface area contributed by atoms with E-state index in [-0.39, 0.29) is 6.10 Å². The number of rotatable bonds is 4. The van der Waals surface area contributed by atoms with Gasteiger partial charge >= 0.3 is 0 Å². The molecule has 1 unspecified atom stereocenters. The lowest BCUT2D eigenvalue weighted by Gasteiger charge is -2.19. The normalized spacial score (nSPS) is 12.2. The molecule has 0 aliphatic rings. The van der Waals surface area contributed by atoms with Gasteiger partial charge in [0.2, 0.25) is 0 Å². The molecule has 0 saturated heterocycles. The Bertz CT molecular complexity index is 577. The molecule has 0 spiro atoms. The van der Waals surface area contributed by atoms with Crippen molar-refractivity contribution in [3.63, 3.8) is 0 Å². The van der Waals surface area contributed by atoms with Crippen molar-refractivity contribution >= 4 is 43.5 Å². The Kier molecular flexibility index (Phi) is 5.28. The van der Waals surface area contributed by atoms with Gasteiger partial charge in [-0.05, 0) is 35.9 Å². The van der Waals surface area contributed by atoms with Crippen LogP contribution in [0.5, 0.6) is 5.75 Å². The highest BCUT2D eigenvalue weighted by Gasteiger charge is 2.14. The molecule has 0 bridgehead atoms. The molecule has 100 valence electrons. The number of hydrogen-bond acceptors (Lipinski definition) is 2. The summed E-state index contributed by atoms with van der Waals surface area (Å²) in [5, 5.41) is 0.566. The SMILES string of the molecule is NCC(Oc1cc(Br)ccc1Cl)c1cccc(Br)c1. The molecule has 0 amide bonds. The molecule has 0 radical (unpaired) electrons. The van der Waals surface area contributed by atoms with Crippen molar-refractivity contribution < 1.29 is 4.74 Å². The van der Waals surface area contributed by atoms with Gasteiger partial charge < -0.3 is 10.5 Å². The number of ether oxygens (including phenoxy) is 1. The number of halogens is 3. The largest absolute Gasteiger partial charge is 0.483 e. The minimum Gasteiger partial charge on any atom is -0.483 e. The van der Waals surface area contributed by atoms with E-state index in [0.29, 0.717) is 17.3 Å². The summed E-state index contributed by atoms with van der Waals surface area (Å²) in [5.41, 5.74) is 6.80. The van der Waals surface area contributed by atoms with E-state index in [9.17, 15) is 0 Å². The van der Waals surface area contributed by atoms with Crippen molar-refractivity contribution in [2.24, 2.45) is 5.73 Å². The second kappa shape index (κ2) is 6.75. The van der Waals surface area contributed by atoms with Gasteiger partial charge in [0.1, 0.15) is 11.9 Å².